The molecule has 0 aliphatic carbocycles. The number of hydrogen-bond donors (Lipinski definition) is 7. The minimum Gasteiger partial charge on any atom is -0.480 e. The molecule has 1 heterocycles. The van der Waals surface area contributed by atoms with Gasteiger partial charge in [-0.05, 0) is 55.0 Å². The Labute approximate surface area is 268 Å². The van der Waals surface area contributed by atoms with Crippen LogP contribution in [0.4, 0.5) is 0 Å². The second kappa shape index (κ2) is 16.9. The summed E-state index contributed by atoms with van der Waals surface area (Å²) in [4.78, 5) is 56.0. The van der Waals surface area contributed by atoms with Crippen LogP contribution in [0.25, 0.3) is 10.9 Å². The van der Waals surface area contributed by atoms with Crippen LogP contribution in [0.5, 0.6) is 0 Å². The van der Waals surface area contributed by atoms with E-state index in [0.29, 0.717) is 19.4 Å². The van der Waals surface area contributed by atoms with Crippen LogP contribution in [-0.2, 0) is 38.4 Å². The first-order chi connectivity index (χ1) is 22.2. The van der Waals surface area contributed by atoms with E-state index in [1.807, 2.05) is 84.9 Å². The third kappa shape index (κ3) is 9.75. The molecule has 242 valence electrons. The average Bonchev–Trinajstić information content (AvgIpc) is 3.47. The van der Waals surface area contributed by atoms with Crippen molar-refractivity contribution in [2.75, 3.05) is 6.54 Å². The maximum atomic E-state index is 13.9. The molecule has 11 heteroatoms. The summed E-state index contributed by atoms with van der Waals surface area (Å²) < 4.78 is 0. The van der Waals surface area contributed by atoms with Crippen molar-refractivity contribution in [1.29, 1.82) is 0 Å². The quantitative estimate of drug-likeness (QED) is 0.0873. The van der Waals surface area contributed by atoms with Crippen LogP contribution in [0.3, 0.4) is 0 Å². The van der Waals surface area contributed by atoms with Crippen LogP contribution in [0.15, 0.2) is 91.1 Å². The summed E-state index contributed by atoms with van der Waals surface area (Å²) in [6.07, 6.45) is 3.59. The van der Waals surface area contributed by atoms with Gasteiger partial charge in [0, 0.05) is 29.9 Å². The van der Waals surface area contributed by atoms with Crippen molar-refractivity contribution in [2.45, 2.75) is 62.7 Å². The Morgan fingerprint density at radius 1 is 0.674 bits per heavy atom. The van der Waals surface area contributed by atoms with Gasteiger partial charge in [0.1, 0.15) is 18.1 Å². The van der Waals surface area contributed by atoms with Crippen LogP contribution in [-0.4, -0.2) is 64.5 Å². The summed E-state index contributed by atoms with van der Waals surface area (Å²) in [5.74, 6) is -2.93. The highest BCUT2D eigenvalue weighted by atomic mass is 16.4. The molecule has 0 fully saturated rings. The highest BCUT2D eigenvalue weighted by Gasteiger charge is 2.31. The Morgan fingerprint density at radius 2 is 1.22 bits per heavy atom. The standard InChI is InChI=1S/C35H42N6O5/c36-18-10-9-17-29(35(45)46)39-34(44)31(21-25-22-38-28-16-8-7-15-26(25)28)41-33(43)30(20-24-13-5-2-6-14-24)40-32(42)27(37)19-23-11-3-1-4-12-23/h1-8,11-16,22,27,29-31,38H,9-10,17-21,36-37H2,(H,39,44)(H,40,42)(H,41,43)(H,45,46)/t27-,29-,30-,31-/m0/s1. The number of rotatable bonds is 17. The van der Waals surface area contributed by atoms with Crippen LogP contribution < -0.4 is 27.4 Å². The summed E-state index contributed by atoms with van der Waals surface area (Å²) in [5.41, 5.74) is 15.1. The Bertz CT molecular complexity index is 1590. The van der Waals surface area contributed by atoms with Gasteiger partial charge in [-0.25, -0.2) is 4.79 Å². The first kappa shape index (κ1) is 33.9. The van der Waals surface area contributed by atoms with Gasteiger partial charge >= 0.3 is 5.97 Å². The summed E-state index contributed by atoms with van der Waals surface area (Å²) in [6, 6.07) is 21.8. The zero-order valence-electron chi connectivity index (χ0n) is 25.7. The zero-order valence-corrected chi connectivity index (χ0v) is 25.7. The zero-order chi connectivity index (χ0) is 32.9. The molecule has 0 saturated carbocycles. The number of benzene rings is 3. The topological polar surface area (TPSA) is 192 Å². The van der Waals surface area contributed by atoms with Crippen LogP contribution in [0.2, 0.25) is 0 Å². The van der Waals surface area contributed by atoms with Crippen molar-refractivity contribution < 1.29 is 24.3 Å². The van der Waals surface area contributed by atoms with Crippen molar-refractivity contribution in [3.63, 3.8) is 0 Å². The summed E-state index contributed by atoms with van der Waals surface area (Å²) in [7, 11) is 0. The Morgan fingerprint density at radius 3 is 1.85 bits per heavy atom. The number of aromatic amines is 1. The SMILES string of the molecule is NCCCC[C@H](NC(=O)[C@H](Cc1c[nH]c2ccccc12)NC(=O)[C@H](Cc1ccccc1)NC(=O)[C@@H](N)Cc1ccccc1)C(=O)O. The largest absolute Gasteiger partial charge is 0.480 e. The molecule has 4 aromatic rings. The molecule has 4 rings (SSSR count). The molecule has 0 radical (unpaired) electrons. The molecule has 3 aromatic carbocycles. The minimum atomic E-state index is -1.18. The van der Waals surface area contributed by atoms with Crippen molar-refractivity contribution >= 4 is 34.6 Å². The normalized spacial score (nSPS) is 13.7. The molecule has 9 N–H and O–H groups in total. The molecule has 0 saturated heterocycles. The molecule has 4 atom stereocenters. The maximum Gasteiger partial charge on any atom is 0.326 e. The number of nitrogens with one attached hydrogen (secondary N) is 4. The number of carbonyl (C=O) groups excluding carboxylic acids is 3. The first-order valence-electron chi connectivity index (χ1n) is 15.5. The molecule has 3 amide bonds. The van der Waals surface area contributed by atoms with Crippen LogP contribution in [0, 0.1) is 0 Å². The summed E-state index contributed by atoms with van der Waals surface area (Å²) in [5, 5.41) is 18.9. The van der Waals surface area contributed by atoms with E-state index < -0.39 is 47.9 Å². The lowest BCUT2D eigenvalue weighted by atomic mass is 10.0. The monoisotopic (exact) mass is 626 g/mol. The molecule has 0 spiro atoms. The van der Waals surface area contributed by atoms with Crippen molar-refractivity contribution in [1.82, 2.24) is 20.9 Å². The predicted octanol–water partition coefficient (Wildman–Crippen LogP) is 2.19. The Hall–Kier alpha value is -5.00. The van der Waals surface area contributed by atoms with E-state index in [2.05, 4.69) is 20.9 Å². The Kier molecular flexibility index (Phi) is 12.4. The molecular weight excluding hydrogens is 584 g/mol. The lowest BCUT2D eigenvalue weighted by Crippen LogP contribution is -2.58. The van der Waals surface area contributed by atoms with Gasteiger partial charge in [0.15, 0.2) is 0 Å². The second-order valence-corrected chi connectivity index (χ2v) is 11.4. The number of H-pyrrole nitrogens is 1. The van der Waals surface area contributed by atoms with Crippen LogP contribution >= 0.6 is 0 Å². The van der Waals surface area contributed by atoms with Crippen molar-refractivity contribution in [3.05, 3.63) is 108 Å². The predicted molar refractivity (Wildman–Crippen MR) is 177 cm³/mol. The molecular formula is C35H42N6O5. The number of hydrogen-bond acceptors (Lipinski definition) is 6. The molecule has 1 aromatic heterocycles. The number of unbranched alkanes of at least 4 members (excludes halogenated alkanes) is 1. The van der Waals surface area contributed by atoms with Gasteiger partial charge in [-0.2, -0.15) is 0 Å². The number of carboxylic acid groups (broad SMARTS) is 1. The first-order valence-corrected chi connectivity index (χ1v) is 15.5. The average molecular weight is 627 g/mol. The smallest absolute Gasteiger partial charge is 0.326 e. The van der Waals surface area contributed by atoms with E-state index in [-0.39, 0.29) is 25.7 Å². The fourth-order valence-corrected chi connectivity index (χ4v) is 5.32. The van der Waals surface area contributed by atoms with E-state index >= 15 is 0 Å². The number of para-hydroxylation sites is 1. The number of amides is 3. The lowest BCUT2D eigenvalue weighted by Gasteiger charge is -2.25. The van der Waals surface area contributed by atoms with Gasteiger partial charge in [0.25, 0.3) is 0 Å². The fourth-order valence-electron chi connectivity index (χ4n) is 5.32. The van der Waals surface area contributed by atoms with Gasteiger partial charge in [-0.15, -0.1) is 0 Å². The number of nitrogens with two attached hydrogens (primary N) is 2. The van der Waals surface area contributed by atoms with E-state index in [0.717, 1.165) is 27.6 Å². The molecule has 11 nitrogen and oxygen atoms in total. The molecule has 0 aliphatic rings. The number of carboxylic acids is 1. The van der Waals surface area contributed by atoms with E-state index in [1.54, 1.807) is 6.20 Å². The minimum absolute atomic E-state index is 0.0796. The van der Waals surface area contributed by atoms with Gasteiger partial charge in [-0.1, -0.05) is 78.9 Å². The number of aliphatic carboxylic acids is 1. The van der Waals surface area contributed by atoms with Gasteiger partial charge < -0.3 is 37.5 Å². The highest BCUT2D eigenvalue weighted by molar-refractivity contribution is 5.95. The van der Waals surface area contributed by atoms with Gasteiger partial charge in [0.05, 0.1) is 6.04 Å². The van der Waals surface area contributed by atoms with Crippen molar-refractivity contribution in [2.24, 2.45) is 11.5 Å². The van der Waals surface area contributed by atoms with Gasteiger partial charge in [-0.3, -0.25) is 14.4 Å². The van der Waals surface area contributed by atoms with Crippen molar-refractivity contribution in [3.8, 4) is 0 Å². The third-order valence-electron chi connectivity index (χ3n) is 7.84. The Balaban J connectivity index is 1.57. The van der Waals surface area contributed by atoms with E-state index in [9.17, 15) is 24.3 Å². The lowest BCUT2D eigenvalue weighted by molar-refractivity contribution is -0.142. The van der Waals surface area contributed by atoms with Gasteiger partial charge in [0.2, 0.25) is 17.7 Å². The maximum absolute atomic E-state index is 13.9. The van der Waals surface area contributed by atoms with E-state index in [4.69, 9.17) is 11.5 Å². The fraction of sp³-hybridized carbons (Fsp3) is 0.314. The molecule has 0 aliphatic heterocycles. The number of carbonyl (C=O) groups is 4. The number of fused-ring (bicyclic) bond motifs is 1. The molecule has 0 bridgehead atoms. The molecule has 46 heavy (non-hydrogen) atoms. The summed E-state index contributed by atoms with van der Waals surface area (Å²) in [6.45, 7) is 0.406. The highest BCUT2D eigenvalue weighted by Crippen LogP contribution is 2.19. The second-order valence-electron chi connectivity index (χ2n) is 11.4. The third-order valence-corrected chi connectivity index (χ3v) is 7.84. The number of aromatic nitrogens is 1. The molecule has 0 unspecified atom stereocenters. The summed E-state index contributed by atoms with van der Waals surface area (Å²) >= 11 is 0. The van der Waals surface area contributed by atoms with E-state index in [1.165, 1.54) is 0 Å². The van der Waals surface area contributed by atoms with Crippen LogP contribution in [0.1, 0.15) is 36.0 Å².